The summed E-state index contributed by atoms with van der Waals surface area (Å²) in [7, 11) is -0.131. The van der Waals surface area contributed by atoms with Crippen LogP contribution in [0.3, 0.4) is 0 Å². The molecule has 0 saturated carbocycles. The highest BCUT2D eigenvalue weighted by molar-refractivity contribution is 7.89. The summed E-state index contributed by atoms with van der Waals surface area (Å²) in [6.07, 6.45) is 0.555. The van der Waals surface area contributed by atoms with Gasteiger partial charge in [0.1, 0.15) is 18.1 Å². The summed E-state index contributed by atoms with van der Waals surface area (Å²) in [6.45, 7) is 2.11. The lowest BCUT2D eigenvalue weighted by Crippen LogP contribution is -2.30. The van der Waals surface area contributed by atoms with Gasteiger partial charge in [0, 0.05) is 18.7 Å². The number of methoxy groups -OCH3 is 2. The topological polar surface area (TPSA) is 117 Å². The van der Waals surface area contributed by atoms with Crippen LogP contribution in [0.25, 0.3) is 17.0 Å². The second kappa shape index (κ2) is 9.05. The molecule has 3 aromatic rings. The van der Waals surface area contributed by atoms with Gasteiger partial charge in [-0.3, -0.25) is 0 Å². The Bertz CT molecular complexity index is 1080. The zero-order chi connectivity index (χ0) is 20.9. The number of sulfonamides is 1. The first-order valence-electron chi connectivity index (χ1n) is 9.02. The molecular weight excluding hydrogens is 398 g/mol. The highest BCUT2D eigenvalue weighted by atomic mass is 32.2. The van der Waals surface area contributed by atoms with E-state index < -0.39 is 10.0 Å². The molecule has 0 amide bonds. The minimum atomic E-state index is -3.27. The van der Waals surface area contributed by atoms with E-state index in [0.717, 1.165) is 0 Å². The van der Waals surface area contributed by atoms with Crippen LogP contribution in [-0.4, -0.2) is 61.4 Å². The van der Waals surface area contributed by atoms with E-state index >= 15 is 0 Å². The van der Waals surface area contributed by atoms with Crippen LogP contribution < -0.4 is 18.9 Å². The molecule has 156 valence electrons. The zero-order valence-electron chi connectivity index (χ0n) is 16.5. The Kier molecular flexibility index (Phi) is 6.49. The van der Waals surface area contributed by atoms with E-state index in [0.29, 0.717) is 40.8 Å². The number of hydrogen-bond acceptors (Lipinski definition) is 8. The molecule has 10 nitrogen and oxygen atoms in total. The molecular formula is C18H23N5O5S. The van der Waals surface area contributed by atoms with Crippen molar-refractivity contribution in [2.75, 3.05) is 33.1 Å². The van der Waals surface area contributed by atoms with Crippen LogP contribution in [0, 0.1) is 0 Å². The Morgan fingerprint density at radius 1 is 1.10 bits per heavy atom. The van der Waals surface area contributed by atoms with E-state index in [1.807, 2.05) is 13.0 Å². The Morgan fingerprint density at radius 2 is 1.93 bits per heavy atom. The molecule has 0 radical (unpaired) electrons. The summed E-state index contributed by atoms with van der Waals surface area (Å²) in [5.74, 6) is 2.11. The number of fused-ring (bicyclic) bond motifs is 1. The monoisotopic (exact) mass is 421 g/mol. The predicted octanol–water partition coefficient (Wildman–Crippen LogP) is 1.52. The molecule has 0 aliphatic heterocycles. The minimum absolute atomic E-state index is 0.0883. The van der Waals surface area contributed by atoms with Crippen LogP contribution in [0.2, 0.25) is 0 Å². The van der Waals surface area contributed by atoms with Crippen molar-refractivity contribution < 1.29 is 22.6 Å². The Hall–Kier alpha value is -2.92. The fraction of sp³-hybridized carbons (Fsp3) is 0.389. The van der Waals surface area contributed by atoms with Crippen LogP contribution in [-0.2, 0) is 10.0 Å². The molecule has 0 aliphatic rings. The molecule has 11 heteroatoms. The lowest BCUT2D eigenvalue weighted by Gasteiger charge is -2.10. The number of ether oxygens (including phenoxy) is 3. The van der Waals surface area contributed by atoms with E-state index in [4.69, 9.17) is 14.2 Å². The fourth-order valence-electron chi connectivity index (χ4n) is 2.69. The van der Waals surface area contributed by atoms with Crippen LogP contribution in [0.15, 0.2) is 30.3 Å². The normalized spacial score (nSPS) is 11.6. The Labute approximate surface area is 168 Å². The summed E-state index contributed by atoms with van der Waals surface area (Å²) in [5.41, 5.74) is 1.23. The summed E-state index contributed by atoms with van der Waals surface area (Å²) < 4.78 is 43.6. The summed E-state index contributed by atoms with van der Waals surface area (Å²) >= 11 is 0. The average molecular weight is 421 g/mol. The Balaban J connectivity index is 1.79. The first-order chi connectivity index (χ1) is 14.0. The molecule has 0 aliphatic carbocycles. The molecule has 0 bridgehead atoms. The molecule has 1 aromatic carbocycles. The quantitative estimate of drug-likeness (QED) is 0.490. The van der Waals surface area contributed by atoms with Gasteiger partial charge in [-0.05, 0) is 24.6 Å². The second-order valence-corrected chi connectivity index (χ2v) is 8.02. The molecule has 2 heterocycles. The smallest absolute Gasteiger partial charge is 0.231 e. The van der Waals surface area contributed by atoms with Gasteiger partial charge in [-0.25, -0.2) is 13.1 Å². The maximum absolute atomic E-state index is 11.7. The van der Waals surface area contributed by atoms with Crippen LogP contribution in [0.5, 0.6) is 17.4 Å². The number of benzene rings is 1. The van der Waals surface area contributed by atoms with Gasteiger partial charge in [0.15, 0.2) is 11.5 Å². The molecule has 2 aromatic heterocycles. The largest absolute Gasteiger partial charge is 0.497 e. The van der Waals surface area contributed by atoms with Crippen molar-refractivity contribution in [3.05, 3.63) is 30.3 Å². The molecule has 0 fully saturated rings. The van der Waals surface area contributed by atoms with Crippen LogP contribution in [0.1, 0.15) is 13.3 Å². The summed E-state index contributed by atoms with van der Waals surface area (Å²) in [4.78, 5) is 0. The minimum Gasteiger partial charge on any atom is -0.497 e. The second-order valence-electron chi connectivity index (χ2n) is 6.09. The van der Waals surface area contributed by atoms with Gasteiger partial charge in [-0.15, -0.1) is 15.3 Å². The molecule has 0 spiro atoms. The van der Waals surface area contributed by atoms with Gasteiger partial charge in [0.05, 0.1) is 25.5 Å². The van der Waals surface area contributed by atoms with Crippen molar-refractivity contribution in [3.63, 3.8) is 0 Å². The Morgan fingerprint density at radius 3 is 2.66 bits per heavy atom. The fourth-order valence-corrected chi connectivity index (χ4v) is 3.77. The zero-order valence-corrected chi connectivity index (χ0v) is 17.3. The van der Waals surface area contributed by atoms with Crippen molar-refractivity contribution in [1.82, 2.24) is 24.5 Å². The van der Waals surface area contributed by atoms with Gasteiger partial charge < -0.3 is 14.2 Å². The first-order valence-corrected chi connectivity index (χ1v) is 10.7. The van der Waals surface area contributed by atoms with E-state index in [2.05, 4.69) is 20.0 Å². The lowest BCUT2D eigenvalue weighted by molar-refractivity contribution is 0.306. The van der Waals surface area contributed by atoms with Crippen molar-refractivity contribution in [3.8, 4) is 28.8 Å². The SMILES string of the molecule is CCCS(=O)(=O)NCCOc1ccc2nnc(-c3ccc(OC)cc3OC)n2n1. The summed E-state index contributed by atoms with van der Waals surface area (Å²) in [5, 5.41) is 12.7. The average Bonchev–Trinajstić information content (AvgIpc) is 3.13. The van der Waals surface area contributed by atoms with Gasteiger partial charge in [0.2, 0.25) is 15.9 Å². The van der Waals surface area contributed by atoms with Crippen molar-refractivity contribution in [2.45, 2.75) is 13.3 Å². The highest BCUT2D eigenvalue weighted by Gasteiger charge is 2.16. The van der Waals surface area contributed by atoms with Crippen LogP contribution >= 0.6 is 0 Å². The number of nitrogens with zero attached hydrogens (tertiary/aromatic N) is 4. The number of nitrogens with one attached hydrogen (secondary N) is 1. The van der Waals surface area contributed by atoms with E-state index in [1.54, 1.807) is 43.0 Å². The van der Waals surface area contributed by atoms with Gasteiger partial charge >= 0.3 is 0 Å². The van der Waals surface area contributed by atoms with E-state index in [-0.39, 0.29) is 18.9 Å². The van der Waals surface area contributed by atoms with E-state index in [1.165, 1.54) is 0 Å². The summed E-state index contributed by atoms with van der Waals surface area (Å²) in [6, 6.07) is 8.72. The predicted molar refractivity (Wildman–Crippen MR) is 107 cm³/mol. The first kappa shape index (κ1) is 20.8. The third-order valence-corrected chi connectivity index (χ3v) is 5.62. The molecule has 29 heavy (non-hydrogen) atoms. The highest BCUT2D eigenvalue weighted by Crippen LogP contribution is 2.32. The van der Waals surface area contributed by atoms with Crippen molar-refractivity contribution in [1.29, 1.82) is 0 Å². The number of aromatic nitrogens is 4. The number of rotatable bonds is 10. The third kappa shape index (κ3) is 4.93. The molecule has 0 unspecified atom stereocenters. The molecule has 0 atom stereocenters. The van der Waals surface area contributed by atoms with Crippen LogP contribution in [0.4, 0.5) is 0 Å². The van der Waals surface area contributed by atoms with Gasteiger partial charge in [0.25, 0.3) is 0 Å². The maximum Gasteiger partial charge on any atom is 0.231 e. The van der Waals surface area contributed by atoms with Gasteiger partial charge in [-0.2, -0.15) is 4.52 Å². The molecule has 0 saturated heterocycles. The lowest BCUT2D eigenvalue weighted by atomic mass is 10.2. The van der Waals surface area contributed by atoms with Crippen molar-refractivity contribution >= 4 is 15.7 Å². The van der Waals surface area contributed by atoms with Crippen molar-refractivity contribution in [2.24, 2.45) is 0 Å². The molecule has 1 N–H and O–H groups in total. The van der Waals surface area contributed by atoms with Gasteiger partial charge in [-0.1, -0.05) is 6.92 Å². The third-order valence-electron chi connectivity index (χ3n) is 4.03. The van der Waals surface area contributed by atoms with E-state index in [9.17, 15) is 8.42 Å². The number of hydrogen-bond donors (Lipinski definition) is 1. The molecule has 3 rings (SSSR count). The maximum atomic E-state index is 11.7. The standard InChI is InChI=1S/C18H23N5O5S/c1-4-11-29(24,25)19-9-10-28-17-8-7-16-20-21-18(23(16)22-17)14-6-5-13(26-2)12-15(14)27-3/h5-8,12,19H,4,9-11H2,1-3H3.